The van der Waals surface area contributed by atoms with Gasteiger partial charge in [-0.05, 0) is 17.7 Å². The SMILES string of the molecule is Cl.Cn1cc([C@H]2CNC[C@@H]2C(=O)NCc2nncn2-c2ccccc2)cn1. The van der Waals surface area contributed by atoms with Crippen LogP contribution in [0.25, 0.3) is 5.69 Å². The first-order chi connectivity index (χ1) is 12.7. The van der Waals surface area contributed by atoms with Gasteiger partial charge in [0.05, 0.1) is 18.7 Å². The number of carbonyl (C=O) groups excluding carboxylic acids is 1. The molecule has 4 rings (SSSR count). The van der Waals surface area contributed by atoms with E-state index in [-0.39, 0.29) is 30.2 Å². The van der Waals surface area contributed by atoms with E-state index >= 15 is 0 Å². The highest BCUT2D eigenvalue weighted by atomic mass is 35.5. The summed E-state index contributed by atoms with van der Waals surface area (Å²) in [6.45, 7) is 1.78. The number of carbonyl (C=O) groups is 1. The Morgan fingerprint density at radius 3 is 2.85 bits per heavy atom. The molecule has 0 radical (unpaired) electrons. The minimum atomic E-state index is -0.118. The Kier molecular flexibility index (Phi) is 5.88. The van der Waals surface area contributed by atoms with E-state index in [1.165, 1.54) is 0 Å². The molecule has 0 bridgehead atoms. The summed E-state index contributed by atoms with van der Waals surface area (Å²) in [6.07, 6.45) is 5.47. The summed E-state index contributed by atoms with van der Waals surface area (Å²) in [5.74, 6) is 0.739. The predicted octanol–water partition coefficient (Wildman–Crippen LogP) is 1.04. The number of benzene rings is 1. The molecule has 1 amide bonds. The third kappa shape index (κ3) is 4.01. The molecule has 8 nitrogen and oxygen atoms in total. The molecule has 0 spiro atoms. The second-order valence-corrected chi connectivity index (χ2v) is 6.49. The number of para-hydroxylation sites is 1. The van der Waals surface area contributed by atoms with E-state index < -0.39 is 0 Å². The maximum absolute atomic E-state index is 12.7. The van der Waals surface area contributed by atoms with Crippen LogP contribution < -0.4 is 10.6 Å². The Hall–Kier alpha value is -2.71. The van der Waals surface area contributed by atoms with Crippen LogP contribution >= 0.6 is 12.4 Å². The molecule has 1 saturated heterocycles. The fourth-order valence-corrected chi connectivity index (χ4v) is 3.42. The average molecular weight is 388 g/mol. The van der Waals surface area contributed by atoms with Crippen molar-refractivity contribution >= 4 is 18.3 Å². The molecule has 0 unspecified atom stereocenters. The van der Waals surface area contributed by atoms with Crippen molar-refractivity contribution in [3.63, 3.8) is 0 Å². The molecule has 3 heterocycles. The molecule has 2 atom stereocenters. The standard InChI is InChI=1S/C18H21N7O.ClH/c1-24-11-13(7-22-24)15-8-19-9-16(15)18(26)20-10-17-23-21-12-25(17)14-5-3-2-4-6-14;/h2-7,11-12,15-16,19H,8-10H2,1H3,(H,20,26);1H/t15-,16+;/m1./s1. The van der Waals surface area contributed by atoms with E-state index in [2.05, 4.69) is 25.9 Å². The number of aromatic nitrogens is 5. The molecule has 1 aromatic carbocycles. The normalized spacial score (nSPS) is 18.9. The molecule has 1 fully saturated rings. The first-order valence-electron chi connectivity index (χ1n) is 8.63. The molecule has 27 heavy (non-hydrogen) atoms. The number of halogens is 1. The number of aryl methyl sites for hydroxylation is 1. The second-order valence-electron chi connectivity index (χ2n) is 6.49. The van der Waals surface area contributed by atoms with Crippen LogP contribution in [0.3, 0.4) is 0 Å². The van der Waals surface area contributed by atoms with Crippen LogP contribution in [0.15, 0.2) is 49.1 Å². The van der Waals surface area contributed by atoms with Crippen molar-refractivity contribution in [2.24, 2.45) is 13.0 Å². The largest absolute Gasteiger partial charge is 0.348 e. The van der Waals surface area contributed by atoms with Gasteiger partial charge in [0, 0.05) is 37.9 Å². The lowest BCUT2D eigenvalue weighted by atomic mass is 9.90. The first-order valence-corrected chi connectivity index (χ1v) is 8.63. The maximum Gasteiger partial charge on any atom is 0.225 e. The van der Waals surface area contributed by atoms with Crippen LogP contribution in [0.5, 0.6) is 0 Å². The Morgan fingerprint density at radius 2 is 2.11 bits per heavy atom. The van der Waals surface area contributed by atoms with Gasteiger partial charge in [0.1, 0.15) is 6.33 Å². The lowest BCUT2D eigenvalue weighted by molar-refractivity contribution is -0.125. The molecule has 3 aromatic rings. The summed E-state index contributed by atoms with van der Waals surface area (Å²) < 4.78 is 3.65. The minimum Gasteiger partial charge on any atom is -0.348 e. The average Bonchev–Trinajstić information content (AvgIpc) is 3.40. The third-order valence-corrected chi connectivity index (χ3v) is 4.78. The zero-order valence-corrected chi connectivity index (χ0v) is 15.8. The summed E-state index contributed by atoms with van der Waals surface area (Å²) in [6, 6.07) is 9.84. The number of nitrogens with zero attached hydrogens (tertiary/aromatic N) is 5. The van der Waals surface area contributed by atoms with E-state index in [0.29, 0.717) is 18.9 Å². The zero-order chi connectivity index (χ0) is 17.9. The molecule has 2 aromatic heterocycles. The van der Waals surface area contributed by atoms with Gasteiger partial charge in [-0.2, -0.15) is 5.10 Å². The highest BCUT2D eigenvalue weighted by Gasteiger charge is 2.34. The second kappa shape index (κ2) is 8.32. The van der Waals surface area contributed by atoms with E-state index in [0.717, 1.165) is 17.8 Å². The smallest absolute Gasteiger partial charge is 0.225 e. The van der Waals surface area contributed by atoms with Gasteiger partial charge in [-0.1, -0.05) is 18.2 Å². The van der Waals surface area contributed by atoms with Crippen LogP contribution in [-0.4, -0.2) is 43.5 Å². The molecule has 1 aliphatic heterocycles. The Morgan fingerprint density at radius 1 is 1.30 bits per heavy atom. The van der Waals surface area contributed by atoms with Gasteiger partial charge in [-0.15, -0.1) is 22.6 Å². The molecule has 2 N–H and O–H groups in total. The Labute approximate surface area is 163 Å². The van der Waals surface area contributed by atoms with Gasteiger partial charge in [-0.25, -0.2) is 0 Å². The molecular formula is C18H22ClN7O. The van der Waals surface area contributed by atoms with Crippen molar-refractivity contribution in [2.75, 3.05) is 13.1 Å². The molecule has 0 aliphatic carbocycles. The number of amides is 1. The summed E-state index contributed by atoms with van der Waals surface area (Å²) in [7, 11) is 1.89. The summed E-state index contributed by atoms with van der Waals surface area (Å²) in [5, 5.41) is 18.7. The van der Waals surface area contributed by atoms with Crippen molar-refractivity contribution < 1.29 is 4.79 Å². The van der Waals surface area contributed by atoms with Gasteiger partial charge >= 0.3 is 0 Å². The van der Waals surface area contributed by atoms with Crippen molar-refractivity contribution in [1.82, 2.24) is 35.2 Å². The third-order valence-electron chi connectivity index (χ3n) is 4.78. The summed E-state index contributed by atoms with van der Waals surface area (Å²) in [4.78, 5) is 12.7. The van der Waals surface area contributed by atoms with E-state index in [1.54, 1.807) is 11.0 Å². The van der Waals surface area contributed by atoms with Crippen molar-refractivity contribution in [3.05, 3.63) is 60.4 Å². The number of hydrogen-bond acceptors (Lipinski definition) is 5. The van der Waals surface area contributed by atoms with Crippen molar-refractivity contribution in [1.29, 1.82) is 0 Å². The number of rotatable bonds is 5. The molecule has 1 aliphatic rings. The van der Waals surface area contributed by atoms with Gasteiger partial charge in [0.25, 0.3) is 0 Å². The van der Waals surface area contributed by atoms with Crippen molar-refractivity contribution in [2.45, 2.75) is 12.5 Å². The zero-order valence-electron chi connectivity index (χ0n) is 14.9. The van der Waals surface area contributed by atoms with E-state index in [1.807, 2.05) is 54.3 Å². The minimum absolute atomic E-state index is 0. The van der Waals surface area contributed by atoms with Crippen LogP contribution in [0, 0.1) is 5.92 Å². The van der Waals surface area contributed by atoms with Crippen LogP contribution in [0.2, 0.25) is 0 Å². The lowest BCUT2D eigenvalue weighted by Gasteiger charge is -2.17. The van der Waals surface area contributed by atoms with Gasteiger partial charge in [0.2, 0.25) is 5.91 Å². The molecular weight excluding hydrogens is 366 g/mol. The van der Waals surface area contributed by atoms with Gasteiger partial charge < -0.3 is 10.6 Å². The number of hydrogen-bond donors (Lipinski definition) is 2. The Bertz CT molecular complexity index is 892. The van der Waals surface area contributed by atoms with Crippen molar-refractivity contribution in [3.8, 4) is 5.69 Å². The maximum atomic E-state index is 12.7. The topological polar surface area (TPSA) is 89.7 Å². The summed E-state index contributed by atoms with van der Waals surface area (Å²) >= 11 is 0. The van der Waals surface area contributed by atoms with E-state index in [9.17, 15) is 4.79 Å². The number of nitrogens with one attached hydrogen (secondary N) is 2. The van der Waals surface area contributed by atoms with E-state index in [4.69, 9.17) is 0 Å². The van der Waals surface area contributed by atoms with Gasteiger partial charge in [0.15, 0.2) is 5.82 Å². The molecule has 9 heteroatoms. The molecule has 142 valence electrons. The fourth-order valence-electron chi connectivity index (χ4n) is 3.42. The van der Waals surface area contributed by atoms with Crippen LogP contribution in [0.4, 0.5) is 0 Å². The predicted molar refractivity (Wildman–Crippen MR) is 103 cm³/mol. The quantitative estimate of drug-likeness (QED) is 0.682. The molecule has 0 saturated carbocycles. The van der Waals surface area contributed by atoms with Gasteiger partial charge in [-0.3, -0.25) is 14.0 Å². The lowest BCUT2D eigenvalue weighted by Crippen LogP contribution is -2.34. The summed E-state index contributed by atoms with van der Waals surface area (Å²) in [5.41, 5.74) is 2.06. The highest BCUT2D eigenvalue weighted by Crippen LogP contribution is 2.27. The van der Waals surface area contributed by atoms with Crippen LogP contribution in [0.1, 0.15) is 17.3 Å². The fraction of sp³-hybridized carbons (Fsp3) is 0.333. The highest BCUT2D eigenvalue weighted by molar-refractivity contribution is 5.85. The first kappa shape index (κ1) is 19.1. The monoisotopic (exact) mass is 387 g/mol. The Balaban J connectivity index is 0.00000210. The van der Waals surface area contributed by atoms with Crippen LogP contribution in [-0.2, 0) is 18.4 Å².